The topological polar surface area (TPSA) is 69.7 Å². The van der Waals surface area contributed by atoms with Gasteiger partial charge in [-0.05, 0) is 68.5 Å². The normalized spacial score (nSPS) is 39.9. The fraction of sp³-hybridized carbons (Fsp3) is 0.885. The van der Waals surface area contributed by atoms with E-state index in [-0.39, 0.29) is 45.9 Å². The maximum absolute atomic E-state index is 13.5. The fourth-order valence-corrected chi connectivity index (χ4v) is 7.70. The molecule has 0 amide bonds. The number of carbonyl (C=O) groups excluding carboxylic acids is 3. The average Bonchev–Trinajstić information content (AvgIpc) is 2.62. The Hall–Kier alpha value is -0.853. The van der Waals surface area contributed by atoms with Gasteiger partial charge in [0.1, 0.15) is 11.2 Å². The van der Waals surface area contributed by atoms with E-state index in [4.69, 9.17) is 9.16 Å². The first-order valence-corrected chi connectivity index (χ1v) is 15.2. The van der Waals surface area contributed by atoms with Crippen LogP contribution in [0.15, 0.2) is 0 Å². The lowest BCUT2D eigenvalue weighted by atomic mass is 9.43. The molecule has 6 heteroatoms. The third kappa shape index (κ3) is 3.78. The number of ketones is 3. The second-order valence-corrected chi connectivity index (χ2v) is 18.3. The van der Waals surface area contributed by atoms with Gasteiger partial charge in [0.2, 0.25) is 11.6 Å². The van der Waals surface area contributed by atoms with Crippen LogP contribution >= 0.6 is 0 Å². The summed E-state index contributed by atoms with van der Waals surface area (Å²) in [6.07, 6.45) is 4.18. The molecule has 3 aliphatic rings. The second kappa shape index (κ2) is 7.57. The number of fused-ring (bicyclic) bond motifs is 3. The lowest BCUT2D eigenvalue weighted by molar-refractivity contribution is -0.241. The number of Topliss-reactive ketones (excluding diaryl/α,β-unsaturated/α-hetero) is 3. The SMILES string of the molecule is CC1(C)CCC[C@@]2(C)[C@@H]1C(=O)C(=O)[C@@]1(C)O[C@@](C)(C(=O)CO[Si](C)(C)C(C)(C)C)CC[C@H]21. The van der Waals surface area contributed by atoms with Crippen LogP contribution in [0.3, 0.4) is 0 Å². The molecular weight excluding hydrogens is 420 g/mol. The Labute approximate surface area is 195 Å². The third-order valence-electron chi connectivity index (χ3n) is 9.68. The van der Waals surface area contributed by atoms with Gasteiger partial charge in [-0.2, -0.15) is 0 Å². The Bertz CT molecular complexity index is 825. The molecule has 0 radical (unpaired) electrons. The van der Waals surface area contributed by atoms with E-state index in [1.807, 2.05) is 0 Å². The van der Waals surface area contributed by atoms with Crippen LogP contribution in [0.1, 0.15) is 87.5 Å². The molecule has 1 aliphatic heterocycles. The number of carbonyl (C=O) groups is 3. The van der Waals surface area contributed by atoms with Crippen molar-refractivity contribution in [2.24, 2.45) is 22.7 Å². The molecule has 0 unspecified atom stereocenters. The second-order valence-electron chi connectivity index (χ2n) is 13.5. The van der Waals surface area contributed by atoms with Crippen molar-refractivity contribution in [3.05, 3.63) is 0 Å². The molecule has 2 saturated carbocycles. The summed E-state index contributed by atoms with van der Waals surface area (Å²) < 4.78 is 12.6. The van der Waals surface area contributed by atoms with Crippen LogP contribution in [-0.2, 0) is 23.5 Å². The molecule has 0 N–H and O–H groups in total. The van der Waals surface area contributed by atoms with Gasteiger partial charge in [-0.25, -0.2) is 0 Å². The molecule has 0 aromatic heterocycles. The molecule has 1 heterocycles. The minimum atomic E-state index is -2.09. The van der Waals surface area contributed by atoms with Crippen LogP contribution in [0.4, 0.5) is 0 Å². The van der Waals surface area contributed by atoms with E-state index >= 15 is 0 Å². The Morgan fingerprint density at radius 3 is 2.22 bits per heavy atom. The molecule has 5 nitrogen and oxygen atoms in total. The maximum atomic E-state index is 13.5. The van der Waals surface area contributed by atoms with Crippen LogP contribution in [-0.4, -0.2) is 43.5 Å². The van der Waals surface area contributed by atoms with E-state index in [9.17, 15) is 14.4 Å². The summed E-state index contributed by atoms with van der Waals surface area (Å²) >= 11 is 0. The number of hydrogen-bond acceptors (Lipinski definition) is 5. The molecule has 3 rings (SSSR count). The van der Waals surface area contributed by atoms with Gasteiger partial charge in [0.25, 0.3) is 0 Å². The minimum Gasteiger partial charge on any atom is -0.409 e. The summed E-state index contributed by atoms with van der Waals surface area (Å²) in [5.41, 5.74) is -2.86. The van der Waals surface area contributed by atoms with Crippen molar-refractivity contribution in [3.63, 3.8) is 0 Å². The zero-order valence-corrected chi connectivity index (χ0v) is 22.9. The molecule has 0 aromatic rings. The van der Waals surface area contributed by atoms with Crippen molar-refractivity contribution < 1.29 is 23.5 Å². The summed E-state index contributed by atoms with van der Waals surface area (Å²) in [4.78, 5) is 40.3. The molecule has 0 aromatic carbocycles. The van der Waals surface area contributed by atoms with E-state index in [1.165, 1.54) is 0 Å². The fourth-order valence-electron chi connectivity index (χ4n) is 6.77. The summed E-state index contributed by atoms with van der Waals surface area (Å²) in [7, 11) is -2.09. The molecule has 0 spiro atoms. The van der Waals surface area contributed by atoms with E-state index in [0.717, 1.165) is 19.3 Å². The zero-order valence-electron chi connectivity index (χ0n) is 21.9. The molecule has 5 atom stereocenters. The number of hydrogen-bond donors (Lipinski definition) is 0. The van der Waals surface area contributed by atoms with E-state index in [1.54, 1.807) is 13.8 Å². The first-order chi connectivity index (χ1) is 14.3. The van der Waals surface area contributed by atoms with Crippen LogP contribution in [0.5, 0.6) is 0 Å². The lowest BCUT2D eigenvalue weighted by Crippen LogP contribution is -2.71. The highest BCUT2D eigenvalue weighted by Crippen LogP contribution is 2.63. The van der Waals surface area contributed by atoms with Gasteiger partial charge in [-0.3, -0.25) is 14.4 Å². The van der Waals surface area contributed by atoms with Crippen LogP contribution in [0, 0.1) is 22.7 Å². The molecule has 3 fully saturated rings. The largest absolute Gasteiger partial charge is 0.409 e. The van der Waals surface area contributed by atoms with Gasteiger partial charge in [-0.1, -0.05) is 48.0 Å². The van der Waals surface area contributed by atoms with Crippen molar-refractivity contribution in [2.75, 3.05) is 6.61 Å². The first-order valence-electron chi connectivity index (χ1n) is 12.3. The Morgan fingerprint density at radius 2 is 1.66 bits per heavy atom. The highest BCUT2D eigenvalue weighted by molar-refractivity contribution is 6.74. The highest BCUT2D eigenvalue weighted by Gasteiger charge is 2.69. The third-order valence-corrected chi connectivity index (χ3v) is 14.2. The smallest absolute Gasteiger partial charge is 0.230 e. The summed E-state index contributed by atoms with van der Waals surface area (Å²) in [5.74, 6) is -1.21. The van der Waals surface area contributed by atoms with E-state index < -0.39 is 25.3 Å². The lowest BCUT2D eigenvalue weighted by Gasteiger charge is -2.63. The summed E-state index contributed by atoms with van der Waals surface area (Å²) in [6.45, 7) is 20.6. The van der Waals surface area contributed by atoms with Crippen LogP contribution < -0.4 is 0 Å². The van der Waals surface area contributed by atoms with Gasteiger partial charge < -0.3 is 9.16 Å². The standard InChI is InChI=1S/C26H44O5Si/c1-22(2,3)32(9,10)30-16-18(27)25(7)15-12-17-24(6)14-11-13-23(4,5)20(24)19(28)21(29)26(17,8)31-25/h17,20H,11-16H2,1-10H3/t17-,20-,24-,25-,26+/m1/s1. The Kier molecular flexibility index (Phi) is 6.10. The molecular formula is C26H44O5Si. The van der Waals surface area contributed by atoms with Gasteiger partial charge in [0.15, 0.2) is 14.1 Å². The Morgan fingerprint density at radius 1 is 1.06 bits per heavy atom. The van der Waals surface area contributed by atoms with Crippen molar-refractivity contribution in [1.29, 1.82) is 0 Å². The predicted molar refractivity (Wildman–Crippen MR) is 128 cm³/mol. The van der Waals surface area contributed by atoms with E-state index in [2.05, 4.69) is 54.6 Å². The number of rotatable bonds is 4. The molecule has 182 valence electrons. The minimum absolute atomic E-state index is 0.00181. The molecule has 1 saturated heterocycles. The van der Waals surface area contributed by atoms with E-state index in [0.29, 0.717) is 12.8 Å². The van der Waals surface area contributed by atoms with Crippen LogP contribution in [0.2, 0.25) is 18.1 Å². The molecule has 2 aliphatic carbocycles. The maximum Gasteiger partial charge on any atom is 0.230 e. The van der Waals surface area contributed by atoms with Gasteiger partial charge in [0, 0.05) is 11.8 Å². The van der Waals surface area contributed by atoms with Crippen molar-refractivity contribution in [1.82, 2.24) is 0 Å². The highest BCUT2D eigenvalue weighted by atomic mass is 28.4. The Balaban J connectivity index is 1.88. The molecule has 32 heavy (non-hydrogen) atoms. The van der Waals surface area contributed by atoms with Gasteiger partial charge in [0.05, 0.1) is 6.61 Å². The van der Waals surface area contributed by atoms with Crippen molar-refractivity contribution in [3.8, 4) is 0 Å². The monoisotopic (exact) mass is 464 g/mol. The van der Waals surface area contributed by atoms with Gasteiger partial charge in [-0.15, -0.1) is 0 Å². The first kappa shape index (κ1) is 25.8. The number of ether oxygens (including phenoxy) is 1. The summed E-state index contributed by atoms with van der Waals surface area (Å²) in [6, 6.07) is 0. The quantitative estimate of drug-likeness (QED) is 0.405. The zero-order chi connectivity index (χ0) is 24.5. The molecule has 0 bridgehead atoms. The average molecular weight is 465 g/mol. The van der Waals surface area contributed by atoms with Crippen LogP contribution in [0.25, 0.3) is 0 Å². The predicted octanol–water partition coefficient (Wildman–Crippen LogP) is 5.51. The van der Waals surface area contributed by atoms with Crippen molar-refractivity contribution in [2.45, 2.75) is 117 Å². The van der Waals surface area contributed by atoms with Gasteiger partial charge >= 0.3 is 0 Å². The van der Waals surface area contributed by atoms with Crippen molar-refractivity contribution >= 4 is 25.7 Å². The summed E-state index contributed by atoms with van der Waals surface area (Å²) in [5, 5.41) is 0.00181.